The summed E-state index contributed by atoms with van der Waals surface area (Å²) in [5.41, 5.74) is 0. The van der Waals surface area contributed by atoms with Gasteiger partial charge in [0.05, 0.1) is 16.1 Å². The number of aliphatic hydroxyl groups excluding tert-OH is 1. The van der Waals surface area contributed by atoms with E-state index >= 15 is 0 Å². The van der Waals surface area contributed by atoms with Crippen LogP contribution in [0.15, 0.2) is 12.1 Å². The molecule has 2 heterocycles. The van der Waals surface area contributed by atoms with Gasteiger partial charge in [-0.2, -0.15) is 0 Å². The van der Waals surface area contributed by atoms with E-state index in [-0.39, 0.29) is 5.91 Å². The number of carbonyl (C=O) groups is 1. The maximum Gasteiger partial charge on any atom is 0.265 e. The number of halogens is 3. The molecule has 1 aromatic carbocycles. The van der Waals surface area contributed by atoms with E-state index < -0.39 is 6.10 Å². The highest BCUT2D eigenvalue weighted by Crippen LogP contribution is 2.41. The number of piperidine rings is 1. The smallest absolute Gasteiger partial charge is 0.265 e. The van der Waals surface area contributed by atoms with Gasteiger partial charge in [-0.3, -0.25) is 4.79 Å². The second-order valence-corrected chi connectivity index (χ2v) is 7.33. The van der Waals surface area contributed by atoms with Crippen LogP contribution in [0.5, 0.6) is 0 Å². The van der Waals surface area contributed by atoms with Crippen molar-refractivity contribution in [1.82, 2.24) is 4.90 Å². The molecule has 0 bridgehead atoms. The van der Waals surface area contributed by atoms with Crippen LogP contribution in [0.2, 0.25) is 15.1 Å². The van der Waals surface area contributed by atoms with Gasteiger partial charge in [0.2, 0.25) is 0 Å². The largest absolute Gasteiger partial charge is 0.391 e. The molecule has 21 heavy (non-hydrogen) atoms. The molecule has 2 aromatic rings. The highest BCUT2D eigenvalue weighted by Gasteiger charge is 2.27. The summed E-state index contributed by atoms with van der Waals surface area (Å²) in [6.45, 7) is 0.979. The summed E-state index contributed by atoms with van der Waals surface area (Å²) >= 11 is 19.8. The van der Waals surface area contributed by atoms with Crippen LogP contribution in [0.4, 0.5) is 0 Å². The van der Waals surface area contributed by atoms with Gasteiger partial charge in [-0.15, -0.1) is 11.3 Å². The molecule has 7 heteroatoms. The topological polar surface area (TPSA) is 40.5 Å². The standard InChI is InChI=1S/C14H12Cl3NO2S/c15-7-4-9(16)11-10(5-7)21-13(12(11)17)14(20)18-3-1-2-8(19)6-18/h4-5,8,19H,1-3,6H2. The molecule has 0 spiro atoms. The number of fused-ring (bicyclic) bond motifs is 1. The number of rotatable bonds is 1. The Kier molecular flexibility index (Phi) is 4.35. The molecule has 0 radical (unpaired) electrons. The monoisotopic (exact) mass is 363 g/mol. The zero-order valence-corrected chi connectivity index (χ0v) is 14.0. The molecule has 1 atom stereocenters. The average Bonchev–Trinajstić information content (AvgIpc) is 2.75. The number of carbonyl (C=O) groups excluding carboxylic acids is 1. The second kappa shape index (κ2) is 5.94. The third-order valence-electron chi connectivity index (χ3n) is 3.53. The predicted octanol–water partition coefficient (Wildman–Crippen LogP) is 4.46. The zero-order valence-electron chi connectivity index (χ0n) is 10.9. The van der Waals surface area contributed by atoms with Crippen molar-refractivity contribution in [2.45, 2.75) is 18.9 Å². The highest BCUT2D eigenvalue weighted by atomic mass is 35.5. The maximum atomic E-state index is 12.6. The molecule has 0 aliphatic carbocycles. The van der Waals surface area contributed by atoms with E-state index in [0.717, 1.165) is 17.5 Å². The van der Waals surface area contributed by atoms with Gasteiger partial charge in [-0.1, -0.05) is 34.8 Å². The van der Waals surface area contributed by atoms with Crippen LogP contribution in [0.1, 0.15) is 22.5 Å². The predicted molar refractivity (Wildman–Crippen MR) is 88.0 cm³/mol. The first-order valence-corrected chi connectivity index (χ1v) is 8.47. The normalized spacial score (nSPS) is 19.2. The number of hydrogen-bond acceptors (Lipinski definition) is 3. The molecule has 1 unspecified atom stereocenters. The lowest BCUT2D eigenvalue weighted by molar-refractivity contribution is 0.0478. The van der Waals surface area contributed by atoms with Crippen molar-refractivity contribution in [3.8, 4) is 0 Å². The van der Waals surface area contributed by atoms with Crippen LogP contribution in [0.25, 0.3) is 10.1 Å². The molecule has 1 fully saturated rings. The number of amides is 1. The van der Waals surface area contributed by atoms with Gasteiger partial charge < -0.3 is 10.0 Å². The van der Waals surface area contributed by atoms with E-state index in [1.165, 1.54) is 11.3 Å². The molecular weight excluding hydrogens is 353 g/mol. The molecule has 1 saturated heterocycles. The summed E-state index contributed by atoms with van der Waals surface area (Å²) in [6, 6.07) is 3.37. The first kappa shape index (κ1) is 15.4. The molecular formula is C14H12Cl3NO2S. The fourth-order valence-electron chi connectivity index (χ4n) is 2.53. The van der Waals surface area contributed by atoms with E-state index in [9.17, 15) is 9.90 Å². The molecule has 1 aliphatic rings. The molecule has 3 rings (SSSR count). The van der Waals surface area contributed by atoms with Crippen molar-refractivity contribution in [1.29, 1.82) is 0 Å². The second-order valence-electron chi connectivity index (χ2n) is 5.05. The van der Waals surface area contributed by atoms with E-state index in [4.69, 9.17) is 34.8 Å². The lowest BCUT2D eigenvalue weighted by Crippen LogP contribution is -2.41. The minimum Gasteiger partial charge on any atom is -0.391 e. The van der Waals surface area contributed by atoms with Crippen LogP contribution in [0, 0.1) is 0 Å². The minimum absolute atomic E-state index is 0.160. The van der Waals surface area contributed by atoms with Crippen molar-refractivity contribution < 1.29 is 9.90 Å². The van der Waals surface area contributed by atoms with E-state index in [1.807, 2.05) is 0 Å². The number of β-amino-alcohol motifs (C(OH)–C–C–N with tert-alkyl or cyclic N) is 1. The Morgan fingerprint density at radius 2 is 2.10 bits per heavy atom. The SMILES string of the molecule is O=C(c1sc2cc(Cl)cc(Cl)c2c1Cl)N1CCCC(O)C1. The fourth-order valence-corrected chi connectivity index (χ4v) is 4.87. The van der Waals surface area contributed by atoms with Crippen molar-refractivity contribution >= 4 is 62.1 Å². The number of benzene rings is 1. The zero-order chi connectivity index (χ0) is 15.1. The number of thiophene rings is 1. The Balaban J connectivity index is 2.02. The summed E-state index contributed by atoms with van der Waals surface area (Å²) in [5, 5.41) is 11.7. The van der Waals surface area contributed by atoms with Gasteiger partial charge in [0, 0.05) is 28.2 Å². The van der Waals surface area contributed by atoms with Gasteiger partial charge in [-0.25, -0.2) is 0 Å². The maximum absolute atomic E-state index is 12.6. The lowest BCUT2D eigenvalue weighted by Gasteiger charge is -2.29. The van der Waals surface area contributed by atoms with Crippen LogP contribution in [0.3, 0.4) is 0 Å². The number of nitrogens with zero attached hydrogens (tertiary/aromatic N) is 1. The molecule has 3 nitrogen and oxygen atoms in total. The number of hydrogen-bond donors (Lipinski definition) is 1. The van der Waals surface area contributed by atoms with Crippen molar-refractivity contribution in [2.75, 3.05) is 13.1 Å². The molecule has 112 valence electrons. The molecule has 1 aromatic heterocycles. The van der Waals surface area contributed by atoms with E-state index in [0.29, 0.717) is 38.4 Å². The Labute approximate surface area is 141 Å². The Morgan fingerprint density at radius 3 is 2.81 bits per heavy atom. The fraction of sp³-hybridized carbons (Fsp3) is 0.357. The summed E-state index contributed by atoms with van der Waals surface area (Å²) in [4.78, 5) is 14.7. The van der Waals surface area contributed by atoms with Gasteiger partial charge in [0.1, 0.15) is 4.88 Å². The van der Waals surface area contributed by atoms with Crippen molar-refractivity contribution in [2.24, 2.45) is 0 Å². The quantitative estimate of drug-likeness (QED) is 0.811. The Bertz CT molecular complexity index is 716. The van der Waals surface area contributed by atoms with E-state index in [2.05, 4.69) is 0 Å². The van der Waals surface area contributed by atoms with Gasteiger partial charge in [0.25, 0.3) is 5.91 Å². The average molecular weight is 365 g/mol. The Hall–Kier alpha value is -0.520. The van der Waals surface area contributed by atoms with Crippen molar-refractivity contribution in [3.05, 3.63) is 32.1 Å². The summed E-state index contributed by atoms with van der Waals surface area (Å²) in [7, 11) is 0. The minimum atomic E-state index is -0.464. The lowest BCUT2D eigenvalue weighted by atomic mass is 10.1. The highest BCUT2D eigenvalue weighted by molar-refractivity contribution is 7.21. The number of likely N-dealkylation sites (tertiary alicyclic amines) is 1. The third-order valence-corrected chi connectivity index (χ3v) is 5.66. The number of aliphatic hydroxyl groups is 1. The Morgan fingerprint density at radius 1 is 1.33 bits per heavy atom. The van der Waals surface area contributed by atoms with Gasteiger partial charge in [0.15, 0.2) is 0 Å². The van der Waals surface area contributed by atoms with Gasteiger partial charge >= 0.3 is 0 Å². The van der Waals surface area contributed by atoms with Gasteiger partial charge in [-0.05, 0) is 25.0 Å². The third kappa shape index (κ3) is 2.88. The molecule has 1 aliphatic heterocycles. The van der Waals surface area contributed by atoms with Crippen LogP contribution in [-0.4, -0.2) is 35.1 Å². The van der Waals surface area contributed by atoms with Crippen molar-refractivity contribution in [3.63, 3.8) is 0 Å². The van der Waals surface area contributed by atoms with E-state index in [1.54, 1.807) is 17.0 Å². The van der Waals surface area contributed by atoms with Crippen LogP contribution < -0.4 is 0 Å². The first-order chi connectivity index (χ1) is 9.97. The summed E-state index contributed by atoms with van der Waals surface area (Å²) in [5.74, 6) is -0.160. The molecule has 1 N–H and O–H groups in total. The first-order valence-electron chi connectivity index (χ1n) is 6.51. The molecule has 1 amide bonds. The summed E-state index contributed by atoms with van der Waals surface area (Å²) in [6.07, 6.45) is 1.06. The molecule has 0 saturated carbocycles. The van der Waals surface area contributed by atoms with Crippen LogP contribution in [-0.2, 0) is 0 Å². The van der Waals surface area contributed by atoms with Crippen LogP contribution >= 0.6 is 46.1 Å². The summed E-state index contributed by atoms with van der Waals surface area (Å²) < 4.78 is 0.790.